The predicted octanol–water partition coefficient (Wildman–Crippen LogP) is 6.65. The average Bonchev–Trinajstić information content (AvgIpc) is 3.30. The molecule has 0 amide bonds. The van der Waals surface area contributed by atoms with Crippen LogP contribution in [0.4, 0.5) is 5.82 Å². The van der Waals surface area contributed by atoms with Gasteiger partial charge in [-0.1, -0.05) is 99.6 Å². The number of aromatic nitrogens is 5. The van der Waals surface area contributed by atoms with Crippen LogP contribution in [-0.2, 0) is 37.9 Å². The van der Waals surface area contributed by atoms with Crippen molar-refractivity contribution >= 4 is 5.82 Å². The van der Waals surface area contributed by atoms with E-state index in [1.165, 1.54) is 16.7 Å². The third-order valence-corrected chi connectivity index (χ3v) is 7.55. The zero-order chi connectivity index (χ0) is 29.5. The molecule has 0 atom stereocenters. The molecule has 2 heterocycles. The van der Waals surface area contributed by atoms with Gasteiger partial charge in [-0.3, -0.25) is 9.55 Å². The quantitative estimate of drug-likeness (QED) is 0.196. The van der Waals surface area contributed by atoms with Crippen LogP contribution in [0.15, 0.2) is 96.1 Å². The van der Waals surface area contributed by atoms with Crippen LogP contribution < -0.4 is 11.0 Å². The van der Waals surface area contributed by atoms with Gasteiger partial charge < -0.3 is 5.32 Å². The molecule has 0 unspecified atom stereocenters. The van der Waals surface area contributed by atoms with Gasteiger partial charge in [-0.15, -0.1) is 0 Å². The van der Waals surface area contributed by atoms with Crippen molar-refractivity contribution in [2.45, 2.75) is 72.0 Å². The second-order valence-corrected chi connectivity index (χ2v) is 11.7. The summed E-state index contributed by atoms with van der Waals surface area (Å²) >= 11 is 0. The molecule has 0 aliphatic carbocycles. The van der Waals surface area contributed by atoms with Gasteiger partial charge in [-0.2, -0.15) is 5.10 Å². The molecule has 0 saturated carbocycles. The van der Waals surface area contributed by atoms with Gasteiger partial charge in [0.25, 0.3) is 0 Å². The molecule has 0 aliphatic rings. The third kappa shape index (κ3) is 7.21. The molecule has 0 bridgehead atoms. The van der Waals surface area contributed by atoms with E-state index >= 15 is 0 Å². The second kappa shape index (κ2) is 13.0. The summed E-state index contributed by atoms with van der Waals surface area (Å²) in [4.78, 5) is 22.2. The average molecular weight is 561 g/mol. The summed E-state index contributed by atoms with van der Waals surface area (Å²) < 4.78 is 3.40. The van der Waals surface area contributed by atoms with Crippen LogP contribution in [0.3, 0.4) is 0 Å². The Labute approximate surface area is 248 Å². The van der Waals surface area contributed by atoms with E-state index in [0.29, 0.717) is 19.6 Å². The Hall–Kier alpha value is -4.52. The Morgan fingerprint density at radius 2 is 1.50 bits per heavy atom. The summed E-state index contributed by atoms with van der Waals surface area (Å²) in [6, 6.07) is 27.2. The number of hydrogen-bond donors (Lipinski definition) is 1. The Morgan fingerprint density at radius 1 is 0.786 bits per heavy atom. The molecule has 216 valence electrons. The van der Waals surface area contributed by atoms with Gasteiger partial charge in [0.1, 0.15) is 11.6 Å². The summed E-state index contributed by atoms with van der Waals surface area (Å²) in [6.45, 7) is 10.4. The Morgan fingerprint density at radius 3 is 2.14 bits per heavy atom. The minimum atomic E-state index is -0.0425. The SMILES string of the molecule is CCn1c(CCCc2ccc(-c3cnc(NCc4ccccc4)cn3)cc2)nn(Cc2ccc(C(C)(C)C)cc2)c1=O. The van der Waals surface area contributed by atoms with Crippen LogP contribution in [0.25, 0.3) is 11.3 Å². The zero-order valence-corrected chi connectivity index (χ0v) is 25.0. The van der Waals surface area contributed by atoms with E-state index in [4.69, 9.17) is 5.10 Å². The molecule has 2 aromatic heterocycles. The fraction of sp³-hybridized carbons (Fsp3) is 0.314. The lowest BCUT2D eigenvalue weighted by atomic mass is 9.87. The number of anilines is 1. The summed E-state index contributed by atoms with van der Waals surface area (Å²) in [7, 11) is 0. The smallest absolute Gasteiger partial charge is 0.346 e. The second-order valence-electron chi connectivity index (χ2n) is 11.7. The monoisotopic (exact) mass is 560 g/mol. The summed E-state index contributed by atoms with van der Waals surface area (Å²) in [5.41, 5.74) is 6.76. The highest BCUT2D eigenvalue weighted by Crippen LogP contribution is 2.22. The van der Waals surface area contributed by atoms with E-state index in [2.05, 4.69) is 96.7 Å². The molecule has 0 spiro atoms. The van der Waals surface area contributed by atoms with Gasteiger partial charge in [0.05, 0.1) is 24.6 Å². The lowest BCUT2D eigenvalue weighted by molar-refractivity contribution is 0.588. The third-order valence-electron chi connectivity index (χ3n) is 7.55. The van der Waals surface area contributed by atoms with Crippen molar-refractivity contribution in [2.75, 3.05) is 5.32 Å². The molecule has 0 fully saturated rings. The highest BCUT2D eigenvalue weighted by molar-refractivity contribution is 5.59. The van der Waals surface area contributed by atoms with Gasteiger partial charge in [-0.05, 0) is 47.4 Å². The van der Waals surface area contributed by atoms with Gasteiger partial charge in [-0.25, -0.2) is 14.5 Å². The first kappa shape index (κ1) is 29.0. The van der Waals surface area contributed by atoms with E-state index in [0.717, 1.165) is 47.7 Å². The van der Waals surface area contributed by atoms with E-state index < -0.39 is 0 Å². The first-order chi connectivity index (χ1) is 20.3. The van der Waals surface area contributed by atoms with Crippen molar-refractivity contribution in [3.8, 4) is 11.3 Å². The van der Waals surface area contributed by atoms with E-state index in [1.807, 2.05) is 31.3 Å². The van der Waals surface area contributed by atoms with Crippen LogP contribution in [0, 0.1) is 0 Å². The first-order valence-electron chi connectivity index (χ1n) is 14.8. The number of nitrogens with zero attached hydrogens (tertiary/aromatic N) is 5. The predicted molar refractivity (Wildman–Crippen MR) is 170 cm³/mol. The van der Waals surface area contributed by atoms with Crippen LogP contribution in [0.2, 0.25) is 0 Å². The maximum absolute atomic E-state index is 13.0. The molecule has 3 aromatic carbocycles. The normalized spacial score (nSPS) is 11.5. The Bertz CT molecular complexity index is 1630. The van der Waals surface area contributed by atoms with Crippen molar-refractivity contribution < 1.29 is 0 Å². The number of hydrogen-bond acceptors (Lipinski definition) is 5. The fourth-order valence-electron chi connectivity index (χ4n) is 5.02. The first-order valence-corrected chi connectivity index (χ1v) is 14.8. The molecule has 7 nitrogen and oxygen atoms in total. The standard InChI is InChI=1S/C35H40N6O/c1-5-40-33(39-41(34(40)42)25-28-16-20-30(21-17-28)35(2,3)4)13-9-12-26-14-18-29(19-15-26)31-23-38-32(24-36-31)37-22-27-10-7-6-8-11-27/h6-8,10-11,14-21,23-24H,5,9,12-13,22,25H2,1-4H3,(H,37,38). The van der Waals surface area contributed by atoms with Crippen molar-refractivity contribution in [3.05, 3.63) is 130 Å². The van der Waals surface area contributed by atoms with Crippen LogP contribution >= 0.6 is 0 Å². The molecule has 0 aliphatic heterocycles. The molecule has 7 heteroatoms. The van der Waals surface area contributed by atoms with Gasteiger partial charge in [0, 0.05) is 25.1 Å². The van der Waals surface area contributed by atoms with Gasteiger partial charge in [0.2, 0.25) is 0 Å². The summed E-state index contributed by atoms with van der Waals surface area (Å²) in [5, 5.41) is 8.03. The van der Waals surface area contributed by atoms with E-state index in [1.54, 1.807) is 15.4 Å². The maximum atomic E-state index is 13.0. The van der Waals surface area contributed by atoms with Crippen molar-refractivity contribution in [1.82, 2.24) is 24.3 Å². The van der Waals surface area contributed by atoms with Gasteiger partial charge >= 0.3 is 5.69 Å². The number of rotatable bonds is 11. The lowest BCUT2D eigenvalue weighted by Gasteiger charge is -2.19. The largest absolute Gasteiger partial charge is 0.365 e. The highest BCUT2D eigenvalue weighted by atomic mass is 16.2. The summed E-state index contributed by atoms with van der Waals surface area (Å²) in [5.74, 6) is 1.60. The molecule has 1 N–H and O–H groups in total. The molecule has 0 radical (unpaired) electrons. The van der Waals surface area contributed by atoms with Crippen LogP contribution in [0.5, 0.6) is 0 Å². The molecule has 5 rings (SSSR count). The Balaban J connectivity index is 1.15. The molecular formula is C35H40N6O. The van der Waals surface area contributed by atoms with Crippen LogP contribution in [0.1, 0.15) is 62.2 Å². The van der Waals surface area contributed by atoms with Crippen molar-refractivity contribution in [3.63, 3.8) is 0 Å². The summed E-state index contributed by atoms with van der Waals surface area (Å²) in [6.07, 6.45) is 6.16. The molecular weight excluding hydrogens is 520 g/mol. The Kier molecular flexibility index (Phi) is 8.96. The topological polar surface area (TPSA) is 77.6 Å². The lowest BCUT2D eigenvalue weighted by Crippen LogP contribution is -2.25. The molecule has 5 aromatic rings. The minimum absolute atomic E-state index is 0.0425. The highest BCUT2D eigenvalue weighted by Gasteiger charge is 2.15. The molecule has 0 saturated heterocycles. The van der Waals surface area contributed by atoms with Crippen molar-refractivity contribution in [1.29, 1.82) is 0 Å². The van der Waals surface area contributed by atoms with E-state index in [9.17, 15) is 4.79 Å². The zero-order valence-electron chi connectivity index (χ0n) is 25.0. The maximum Gasteiger partial charge on any atom is 0.346 e. The molecule has 42 heavy (non-hydrogen) atoms. The number of benzene rings is 3. The minimum Gasteiger partial charge on any atom is -0.365 e. The number of nitrogens with one attached hydrogen (secondary N) is 1. The number of aryl methyl sites for hydroxylation is 2. The van der Waals surface area contributed by atoms with Crippen LogP contribution in [-0.4, -0.2) is 24.3 Å². The van der Waals surface area contributed by atoms with Crippen molar-refractivity contribution in [2.24, 2.45) is 0 Å². The fourth-order valence-corrected chi connectivity index (χ4v) is 5.02. The van der Waals surface area contributed by atoms with E-state index in [-0.39, 0.29) is 11.1 Å². The van der Waals surface area contributed by atoms with Gasteiger partial charge in [0.15, 0.2) is 0 Å².